The molecule has 0 saturated heterocycles. The Bertz CT molecular complexity index is 363. The third kappa shape index (κ3) is 2.29. The van der Waals surface area contributed by atoms with Gasteiger partial charge in [-0.25, -0.2) is 0 Å². The maximum absolute atomic E-state index is 9.46. The first-order valence-corrected chi connectivity index (χ1v) is 6.21. The molecule has 1 fully saturated rings. The molecular weight excluding hydrogens is 198 g/mol. The van der Waals surface area contributed by atoms with E-state index in [0.717, 1.165) is 30.9 Å². The van der Waals surface area contributed by atoms with Crippen LogP contribution in [-0.4, -0.2) is 0 Å². The van der Waals surface area contributed by atoms with Crippen LogP contribution >= 0.6 is 0 Å². The molecule has 1 aliphatic rings. The Kier molecular flexibility index (Phi) is 3.33. The third-order valence-electron chi connectivity index (χ3n) is 3.85. The fourth-order valence-electron chi connectivity index (χ4n) is 2.88. The Morgan fingerprint density at radius 2 is 2.50 bits per heavy atom. The summed E-state index contributed by atoms with van der Waals surface area (Å²) in [6.07, 6.45) is 8.22. The quantitative estimate of drug-likeness (QED) is 0.769. The van der Waals surface area contributed by atoms with E-state index >= 15 is 0 Å². The molecule has 1 saturated carbocycles. The second kappa shape index (κ2) is 4.74. The smallest absolute Gasteiger partial charge is 0.105 e. The molecule has 2 unspecified atom stereocenters. The first-order valence-electron chi connectivity index (χ1n) is 6.21. The van der Waals surface area contributed by atoms with Gasteiger partial charge in [0.1, 0.15) is 5.76 Å². The van der Waals surface area contributed by atoms with Crippen LogP contribution in [0, 0.1) is 22.7 Å². The summed E-state index contributed by atoms with van der Waals surface area (Å²) in [4.78, 5) is 0. The molecule has 0 aromatic carbocycles. The standard InChI is InChI=1S/C14H19NO/c1-2-12-5-3-7-14(9-12,11-15)10-13-6-4-8-16-13/h4,6,8,12H,2-3,5,7,9-10H2,1H3. The molecule has 0 radical (unpaired) electrons. The minimum Gasteiger partial charge on any atom is -0.469 e. The fraction of sp³-hybridized carbons (Fsp3) is 0.643. The van der Waals surface area contributed by atoms with Crippen LogP contribution in [0.5, 0.6) is 0 Å². The number of rotatable bonds is 3. The molecule has 86 valence electrons. The number of hydrogen-bond acceptors (Lipinski definition) is 2. The van der Waals surface area contributed by atoms with Gasteiger partial charge >= 0.3 is 0 Å². The highest BCUT2D eigenvalue weighted by molar-refractivity contribution is 5.10. The first-order chi connectivity index (χ1) is 7.78. The van der Waals surface area contributed by atoms with Crippen molar-refractivity contribution in [1.82, 2.24) is 0 Å². The van der Waals surface area contributed by atoms with Crippen LogP contribution in [0.3, 0.4) is 0 Å². The maximum atomic E-state index is 9.46. The molecule has 1 heterocycles. The van der Waals surface area contributed by atoms with Crippen molar-refractivity contribution in [2.45, 2.75) is 45.4 Å². The molecule has 2 heteroatoms. The summed E-state index contributed by atoms with van der Waals surface area (Å²) in [5, 5.41) is 9.46. The lowest BCUT2D eigenvalue weighted by molar-refractivity contribution is 0.185. The van der Waals surface area contributed by atoms with Gasteiger partial charge in [0, 0.05) is 6.42 Å². The molecule has 0 amide bonds. The Morgan fingerprint density at radius 1 is 1.62 bits per heavy atom. The molecule has 1 aromatic rings. The lowest BCUT2D eigenvalue weighted by Gasteiger charge is -2.34. The molecule has 1 aliphatic carbocycles. The van der Waals surface area contributed by atoms with Crippen LogP contribution in [0.1, 0.15) is 44.8 Å². The summed E-state index contributed by atoms with van der Waals surface area (Å²) < 4.78 is 5.38. The van der Waals surface area contributed by atoms with Crippen molar-refractivity contribution in [1.29, 1.82) is 5.26 Å². The van der Waals surface area contributed by atoms with E-state index < -0.39 is 0 Å². The van der Waals surface area contributed by atoms with Crippen LogP contribution < -0.4 is 0 Å². The normalized spacial score (nSPS) is 29.9. The van der Waals surface area contributed by atoms with Gasteiger partial charge in [0.25, 0.3) is 0 Å². The average molecular weight is 217 g/mol. The van der Waals surface area contributed by atoms with Crippen molar-refractivity contribution in [2.24, 2.45) is 11.3 Å². The maximum Gasteiger partial charge on any atom is 0.105 e. The molecular formula is C14H19NO. The van der Waals surface area contributed by atoms with Gasteiger partial charge < -0.3 is 4.42 Å². The predicted molar refractivity (Wildman–Crippen MR) is 62.7 cm³/mol. The van der Waals surface area contributed by atoms with E-state index in [1.807, 2.05) is 12.1 Å². The second-order valence-electron chi connectivity index (χ2n) is 5.02. The van der Waals surface area contributed by atoms with Crippen molar-refractivity contribution >= 4 is 0 Å². The van der Waals surface area contributed by atoms with Gasteiger partial charge in [0.05, 0.1) is 17.7 Å². The lowest BCUT2D eigenvalue weighted by Crippen LogP contribution is -2.29. The highest BCUT2D eigenvalue weighted by atomic mass is 16.3. The van der Waals surface area contributed by atoms with Gasteiger partial charge in [0.15, 0.2) is 0 Å². The van der Waals surface area contributed by atoms with Gasteiger partial charge in [0.2, 0.25) is 0 Å². The summed E-state index contributed by atoms with van der Waals surface area (Å²) in [5.41, 5.74) is -0.170. The summed E-state index contributed by atoms with van der Waals surface area (Å²) in [6.45, 7) is 2.23. The number of nitrogens with zero attached hydrogens (tertiary/aromatic N) is 1. The van der Waals surface area contributed by atoms with Gasteiger partial charge in [-0.15, -0.1) is 0 Å². The molecule has 0 N–H and O–H groups in total. The van der Waals surface area contributed by atoms with E-state index in [4.69, 9.17) is 4.42 Å². The topological polar surface area (TPSA) is 36.9 Å². The van der Waals surface area contributed by atoms with Crippen LogP contribution in [0.15, 0.2) is 22.8 Å². The summed E-state index contributed by atoms with van der Waals surface area (Å²) in [6, 6.07) is 6.44. The molecule has 0 bridgehead atoms. The van der Waals surface area contributed by atoms with Gasteiger partial charge in [-0.3, -0.25) is 0 Å². The van der Waals surface area contributed by atoms with Gasteiger partial charge in [-0.2, -0.15) is 5.26 Å². The Hall–Kier alpha value is -1.23. The van der Waals surface area contributed by atoms with E-state index in [1.54, 1.807) is 6.26 Å². The number of nitriles is 1. The first kappa shape index (κ1) is 11.3. The van der Waals surface area contributed by atoms with Crippen LogP contribution in [-0.2, 0) is 6.42 Å². The lowest BCUT2D eigenvalue weighted by atomic mass is 9.68. The summed E-state index contributed by atoms with van der Waals surface area (Å²) >= 11 is 0. The van der Waals surface area contributed by atoms with Crippen molar-refractivity contribution < 1.29 is 4.42 Å². The molecule has 1 aromatic heterocycles. The van der Waals surface area contributed by atoms with Crippen molar-refractivity contribution in [3.63, 3.8) is 0 Å². The average Bonchev–Trinajstić information content (AvgIpc) is 2.82. The Morgan fingerprint density at radius 3 is 3.12 bits per heavy atom. The zero-order valence-electron chi connectivity index (χ0n) is 9.91. The predicted octanol–water partition coefficient (Wildman–Crippen LogP) is 3.93. The van der Waals surface area contributed by atoms with E-state index in [2.05, 4.69) is 13.0 Å². The summed E-state index contributed by atoms with van der Waals surface area (Å²) in [5.74, 6) is 1.68. The van der Waals surface area contributed by atoms with Crippen LogP contribution in [0.2, 0.25) is 0 Å². The number of hydrogen-bond donors (Lipinski definition) is 0. The molecule has 2 nitrogen and oxygen atoms in total. The monoisotopic (exact) mass is 217 g/mol. The summed E-state index contributed by atoms with van der Waals surface area (Å²) in [7, 11) is 0. The molecule has 16 heavy (non-hydrogen) atoms. The van der Waals surface area contributed by atoms with Gasteiger partial charge in [-0.1, -0.05) is 26.2 Å². The Labute approximate surface area is 97.3 Å². The van der Waals surface area contributed by atoms with Crippen molar-refractivity contribution in [3.05, 3.63) is 24.2 Å². The Balaban J connectivity index is 2.10. The largest absolute Gasteiger partial charge is 0.469 e. The molecule has 0 aliphatic heterocycles. The van der Waals surface area contributed by atoms with E-state index in [0.29, 0.717) is 0 Å². The molecule has 0 spiro atoms. The zero-order valence-corrected chi connectivity index (χ0v) is 9.91. The minimum atomic E-state index is -0.170. The number of furan rings is 1. The zero-order chi connectivity index (χ0) is 11.4. The SMILES string of the molecule is CCC1CCCC(C#N)(Cc2ccco2)C1. The van der Waals surface area contributed by atoms with Crippen LogP contribution in [0.25, 0.3) is 0 Å². The van der Waals surface area contributed by atoms with Crippen molar-refractivity contribution in [2.75, 3.05) is 0 Å². The van der Waals surface area contributed by atoms with E-state index in [1.165, 1.54) is 19.3 Å². The van der Waals surface area contributed by atoms with E-state index in [-0.39, 0.29) is 5.41 Å². The fourth-order valence-corrected chi connectivity index (χ4v) is 2.88. The second-order valence-corrected chi connectivity index (χ2v) is 5.02. The van der Waals surface area contributed by atoms with Crippen LogP contribution in [0.4, 0.5) is 0 Å². The van der Waals surface area contributed by atoms with Crippen molar-refractivity contribution in [3.8, 4) is 6.07 Å². The highest BCUT2D eigenvalue weighted by Crippen LogP contribution is 2.42. The van der Waals surface area contributed by atoms with E-state index in [9.17, 15) is 5.26 Å². The third-order valence-corrected chi connectivity index (χ3v) is 3.85. The minimum absolute atomic E-state index is 0.170. The molecule has 2 rings (SSSR count). The molecule has 2 atom stereocenters. The van der Waals surface area contributed by atoms with Gasteiger partial charge in [-0.05, 0) is 30.9 Å². The highest BCUT2D eigenvalue weighted by Gasteiger charge is 2.36.